The van der Waals surface area contributed by atoms with E-state index in [1.54, 1.807) is 31.2 Å². The maximum Gasteiger partial charge on any atom is 0.338 e. The second-order valence-electron chi connectivity index (χ2n) is 6.50. The van der Waals surface area contributed by atoms with E-state index in [1.165, 1.54) is 0 Å². The minimum atomic E-state index is -0.364. The predicted octanol–water partition coefficient (Wildman–Crippen LogP) is 6.52. The summed E-state index contributed by atoms with van der Waals surface area (Å²) in [6.07, 6.45) is 0. The Morgan fingerprint density at radius 3 is 2.27 bits per heavy atom. The first-order valence-electron chi connectivity index (χ1n) is 9.32. The molecule has 5 nitrogen and oxygen atoms in total. The molecule has 0 aliphatic heterocycles. The van der Waals surface area contributed by atoms with Gasteiger partial charge in [-0.1, -0.05) is 53.5 Å². The summed E-state index contributed by atoms with van der Waals surface area (Å²) in [6.45, 7) is 2.10. The summed E-state index contributed by atoms with van der Waals surface area (Å²) >= 11 is 12.6. The van der Waals surface area contributed by atoms with Crippen LogP contribution in [0, 0.1) is 0 Å². The Morgan fingerprint density at radius 2 is 1.60 bits per heavy atom. The standard InChI is InChI=1S/C23H17Cl2N3O2/c1-2-30-23(29)15-10-8-14(9-11-15)21-17-12-19(24)20(25)13-18(17)22(28-27-21)26-16-6-4-3-5-7-16/h3-13H,2H2,1H3,(H,26,28). The number of aromatic nitrogens is 2. The Bertz CT molecular complexity index is 1210. The van der Waals surface area contributed by atoms with E-state index in [0.29, 0.717) is 33.7 Å². The Morgan fingerprint density at radius 1 is 0.933 bits per heavy atom. The molecule has 0 saturated carbocycles. The van der Waals surface area contributed by atoms with Gasteiger partial charge in [0.05, 0.1) is 22.2 Å². The maximum absolute atomic E-state index is 11.9. The van der Waals surface area contributed by atoms with Gasteiger partial charge in [-0.2, -0.15) is 0 Å². The molecule has 1 aromatic heterocycles. The second-order valence-corrected chi connectivity index (χ2v) is 7.31. The number of rotatable bonds is 5. The average molecular weight is 438 g/mol. The number of benzene rings is 3. The quantitative estimate of drug-likeness (QED) is 0.359. The van der Waals surface area contributed by atoms with Crippen molar-refractivity contribution in [3.63, 3.8) is 0 Å². The van der Waals surface area contributed by atoms with E-state index in [2.05, 4.69) is 15.5 Å². The molecule has 0 atom stereocenters. The van der Waals surface area contributed by atoms with Gasteiger partial charge in [-0.25, -0.2) is 4.79 Å². The maximum atomic E-state index is 11.9. The Kier molecular flexibility index (Phi) is 5.84. The Labute approximate surface area is 183 Å². The number of carbonyl (C=O) groups excluding carboxylic acids is 1. The van der Waals surface area contributed by atoms with E-state index in [1.807, 2.05) is 42.5 Å². The van der Waals surface area contributed by atoms with Crippen LogP contribution in [0.3, 0.4) is 0 Å². The molecular formula is C23H17Cl2N3O2. The molecule has 150 valence electrons. The highest BCUT2D eigenvalue weighted by Gasteiger charge is 2.15. The van der Waals surface area contributed by atoms with Crippen LogP contribution >= 0.6 is 23.2 Å². The van der Waals surface area contributed by atoms with Gasteiger partial charge in [0.1, 0.15) is 5.69 Å². The molecule has 3 aromatic carbocycles. The first kappa shape index (κ1) is 20.1. The molecule has 0 bridgehead atoms. The van der Waals surface area contributed by atoms with Crippen molar-refractivity contribution >= 4 is 51.4 Å². The fraction of sp³-hybridized carbons (Fsp3) is 0.0870. The lowest BCUT2D eigenvalue weighted by Crippen LogP contribution is -2.04. The molecule has 0 saturated heterocycles. The number of carbonyl (C=O) groups is 1. The third-order valence-electron chi connectivity index (χ3n) is 4.53. The van der Waals surface area contributed by atoms with Crippen LogP contribution in [0.15, 0.2) is 66.7 Å². The smallest absolute Gasteiger partial charge is 0.338 e. The molecule has 0 spiro atoms. The van der Waals surface area contributed by atoms with Gasteiger partial charge in [0.2, 0.25) is 0 Å². The largest absolute Gasteiger partial charge is 0.462 e. The highest BCUT2D eigenvalue weighted by Crippen LogP contribution is 2.36. The van der Waals surface area contributed by atoms with Crippen molar-refractivity contribution in [2.24, 2.45) is 0 Å². The summed E-state index contributed by atoms with van der Waals surface area (Å²) in [5.74, 6) is 0.207. The van der Waals surface area contributed by atoms with Gasteiger partial charge in [0.15, 0.2) is 5.82 Å². The van der Waals surface area contributed by atoms with Crippen LogP contribution in [0.1, 0.15) is 17.3 Å². The van der Waals surface area contributed by atoms with Gasteiger partial charge in [-0.3, -0.25) is 0 Å². The number of anilines is 2. The molecule has 1 heterocycles. The number of ether oxygens (including phenoxy) is 1. The van der Waals surface area contributed by atoms with Crippen LogP contribution in [0.25, 0.3) is 22.0 Å². The van der Waals surface area contributed by atoms with Crippen molar-refractivity contribution in [3.8, 4) is 11.3 Å². The molecule has 0 fully saturated rings. The topological polar surface area (TPSA) is 64.1 Å². The molecule has 7 heteroatoms. The molecule has 0 aliphatic rings. The van der Waals surface area contributed by atoms with Crippen LogP contribution in [-0.4, -0.2) is 22.8 Å². The van der Waals surface area contributed by atoms with E-state index in [-0.39, 0.29) is 5.97 Å². The lowest BCUT2D eigenvalue weighted by molar-refractivity contribution is 0.0526. The van der Waals surface area contributed by atoms with E-state index >= 15 is 0 Å². The number of para-hydroxylation sites is 1. The van der Waals surface area contributed by atoms with Gasteiger partial charge in [-0.15, -0.1) is 10.2 Å². The van der Waals surface area contributed by atoms with Crippen molar-refractivity contribution in [2.75, 3.05) is 11.9 Å². The van der Waals surface area contributed by atoms with E-state index in [0.717, 1.165) is 22.0 Å². The minimum Gasteiger partial charge on any atom is -0.462 e. The minimum absolute atomic E-state index is 0.325. The monoisotopic (exact) mass is 437 g/mol. The molecule has 0 amide bonds. The number of hydrogen-bond donors (Lipinski definition) is 1. The van der Waals surface area contributed by atoms with Crippen molar-refractivity contribution in [1.82, 2.24) is 10.2 Å². The van der Waals surface area contributed by atoms with E-state index in [9.17, 15) is 4.79 Å². The number of halogens is 2. The summed E-state index contributed by atoms with van der Waals surface area (Å²) < 4.78 is 5.04. The van der Waals surface area contributed by atoms with Gasteiger partial charge < -0.3 is 10.1 Å². The number of nitrogens with zero attached hydrogens (tertiary/aromatic N) is 2. The molecule has 1 N–H and O–H groups in total. The SMILES string of the molecule is CCOC(=O)c1ccc(-c2nnc(Nc3ccccc3)c3cc(Cl)c(Cl)cc23)cc1. The van der Waals surface area contributed by atoms with Crippen molar-refractivity contribution in [1.29, 1.82) is 0 Å². The van der Waals surface area contributed by atoms with Crippen molar-refractivity contribution in [3.05, 3.63) is 82.3 Å². The number of fused-ring (bicyclic) bond motifs is 1. The van der Waals surface area contributed by atoms with Gasteiger partial charge in [0.25, 0.3) is 0 Å². The Balaban J connectivity index is 1.80. The molecule has 4 aromatic rings. The fourth-order valence-corrected chi connectivity index (χ4v) is 3.42. The summed E-state index contributed by atoms with van der Waals surface area (Å²) in [4.78, 5) is 11.9. The molecule has 0 radical (unpaired) electrons. The number of hydrogen-bond acceptors (Lipinski definition) is 5. The number of nitrogens with one attached hydrogen (secondary N) is 1. The zero-order valence-electron chi connectivity index (χ0n) is 16.0. The predicted molar refractivity (Wildman–Crippen MR) is 121 cm³/mol. The average Bonchev–Trinajstić information content (AvgIpc) is 2.76. The molecule has 30 heavy (non-hydrogen) atoms. The normalized spacial score (nSPS) is 10.8. The van der Waals surface area contributed by atoms with Crippen LogP contribution < -0.4 is 5.32 Å². The highest BCUT2D eigenvalue weighted by molar-refractivity contribution is 6.43. The molecule has 4 rings (SSSR count). The van der Waals surface area contributed by atoms with Crippen LogP contribution in [0.5, 0.6) is 0 Å². The zero-order valence-corrected chi connectivity index (χ0v) is 17.5. The lowest BCUT2D eigenvalue weighted by Gasteiger charge is -2.12. The van der Waals surface area contributed by atoms with Crippen molar-refractivity contribution in [2.45, 2.75) is 6.92 Å². The number of esters is 1. The van der Waals surface area contributed by atoms with E-state index < -0.39 is 0 Å². The Hall–Kier alpha value is -3.15. The summed E-state index contributed by atoms with van der Waals surface area (Å²) in [6, 6.07) is 20.2. The highest BCUT2D eigenvalue weighted by atomic mass is 35.5. The third-order valence-corrected chi connectivity index (χ3v) is 5.25. The van der Waals surface area contributed by atoms with E-state index in [4.69, 9.17) is 27.9 Å². The third kappa shape index (κ3) is 4.08. The van der Waals surface area contributed by atoms with Crippen LogP contribution in [0.4, 0.5) is 11.5 Å². The summed E-state index contributed by atoms with van der Waals surface area (Å²) in [5.41, 5.74) is 2.79. The summed E-state index contributed by atoms with van der Waals surface area (Å²) in [7, 11) is 0. The second kappa shape index (κ2) is 8.69. The lowest BCUT2D eigenvalue weighted by atomic mass is 10.0. The first-order chi connectivity index (χ1) is 14.6. The summed E-state index contributed by atoms with van der Waals surface area (Å²) in [5, 5.41) is 14.5. The fourth-order valence-electron chi connectivity index (χ4n) is 3.09. The van der Waals surface area contributed by atoms with Gasteiger partial charge >= 0.3 is 5.97 Å². The molecular weight excluding hydrogens is 421 g/mol. The first-order valence-corrected chi connectivity index (χ1v) is 10.1. The van der Waals surface area contributed by atoms with Crippen LogP contribution in [0.2, 0.25) is 10.0 Å². The molecule has 0 aliphatic carbocycles. The van der Waals surface area contributed by atoms with Gasteiger partial charge in [-0.05, 0) is 43.3 Å². The molecule has 0 unspecified atom stereocenters. The van der Waals surface area contributed by atoms with Gasteiger partial charge in [0, 0.05) is 22.0 Å². The zero-order chi connectivity index (χ0) is 21.1. The van der Waals surface area contributed by atoms with Crippen molar-refractivity contribution < 1.29 is 9.53 Å². The van der Waals surface area contributed by atoms with Crippen LogP contribution in [-0.2, 0) is 4.74 Å².